The topological polar surface area (TPSA) is 72.8 Å². The third kappa shape index (κ3) is 6.96. The minimum Gasteiger partial charge on any atom is -0.461 e. The van der Waals surface area contributed by atoms with Gasteiger partial charge in [-0.2, -0.15) is 0 Å². The second kappa shape index (κ2) is 10.7. The van der Waals surface area contributed by atoms with Crippen LogP contribution in [-0.2, 0) is 20.9 Å². The van der Waals surface area contributed by atoms with Crippen molar-refractivity contribution in [3.63, 3.8) is 0 Å². The molecule has 0 heterocycles. The van der Waals surface area contributed by atoms with Gasteiger partial charge in [-0.15, -0.1) is 0 Å². The van der Waals surface area contributed by atoms with Gasteiger partial charge >= 0.3 is 5.97 Å². The summed E-state index contributed by atoms with van der Waals surface area (Å²) in [5.74, 6) is -0.711. The number of hydrogen-bond acceptors (Lipinski definition) is 5. The Balaban J connectivity index is 1.57. The largest absolute Gasteiger partial charge is 0.461 e. The van der Waals surface area contributed by atoms with Crippen molar-refractivity contribution >= 4 is 23.4 Å². The second-order valence-electron chi connectivity index (χ2n) is 5.71. The number of ether oxygens (including phenoxy) is 2. The first-order valence-electron chi connectivity index (χ1n) is 8.31. The molecular weight excluding hydrogens is 356 g/mol. The van der Waals surface area contributed by atoms with Gasteiger partial charge in [0.1, 0.15) is 12.7 Å². The molecule has 2 rings (SSSR count). The Labute approximate surface area is 157 Å². The molecule has 0 amide bonds. The quantitative estimate of drug-likeness (QED) is 0.390. The highest BCUT2D eigenvalue weighted by molar-refractivity contribution is 6.30. The lowest BCUT2D eigenvalue weighted by Crippen LogP contribution is -2.26. The molecule has 1 unspecified atom stereocenters. The molecule has 0 radical (unpaired) electrons. The number of esters is 1. The SMILES string of the molecule is O=C(CCCOCC(O)C(=O)c1ccccc1)OCc1ccc(Cl)cc1. The molecule has 2 aromatic carbocycles. The van der Waals surface area contributed by atoms with Gasteiger partial charge in [0.2, 0.25) is 0 Å². The third-order valence-corrected chi connectivity index (χ3v) is 3.87. The normalized spacial score (nSPS) is 11.8. The second-order valence-corrected chi connectivity index (χ2v) is 6.15. The zero-order valence-electron chi connectivity index (χ0n) is 14.3. The highest BCUT2D eigenvalue weighted by atomic mass is 35.5. The molecule has 0 bridgehead atoms. The molecule has 1 N–H and O–H groups in total. The Morgan fingerprint density at radius 2 is 1.73 bits per heavy atom. The molecule has 138 valence electrons. The smallest absolute Gasteiger partial charge is 0.306 e. The van der Waals surface area contributed by atoms with E-state index in [9.17, 15) is 14.7 Å². The predicted molar refractivity (Wildman–Crippen MR) is 98.1 cm³/mol. The maximum Gasteiger partial charge on any atom is 0.306 e. The number of Topliss-reactive ketones (excluding diaryl/α,β-unsaturated/α-hetero) is 1. The molecule has 26 heavy (non-hydrogen) atoms. The molecule has 1 atom stereocenters. The maximum atomic E-state index is 11.9. The van der Waals surface area contributed by atoms with Gasteiger partial charge < -0.3 is 14.6 Å². The Morgan fingerprint density at radius 3 is 2.42 bits per heavy atom. The van der Waals surface area contributed by atoms with Crippen molar-refractivity contribution in [2.24, 2.45) is 0 Å². The number of hydrogen-bond donors (Lipinski definition) is 1. The summed E-state index contributed by atoms with van der Waals surface area (Å²) in [5.41, 5.74) is 1.30. The van der Waals surface area contributed by atoms with E-state index >= 15 is 0 Å². The number of benzene rings is 2. The van der Waals surface area contributed by atoms with Gasteiger partial charge in [0.15, 0.2) is 5.78 Å². The molecule has 0 saturated heterocycles. The molecule has 5 nitrogen and oxygen atoms in total. The van der Waals surface area contributed by atoms with Gasteiger partial charge in [0.05, 0.1) is 6.61 Å². The van der Waals surface area contributed by atoms with E-state index in [4.69, 9.17) is 21.1 Å². The summed E-state index contributed by atoms with van der Waals surface area (Å²) >= 11 is 5.79. The number of halogens is 1. The summed E-state index contributed by atoms with van der Waals surface area (Å²) in [6.45, 7) is 0.351. The van der Waals surface area contributed by atoms with Crippen LogP contribution in [0.3, 0.4) is 0 Å². The highest BCUT2D eigenvalue weighted by Crippen LogP contribution is 2.11. The van der Waals surface area contributed by atoms with E-state index in [2.05, 4.69) is 0 Å². The fraction of sp³-hybridized carbons (Fsp3) is 0.300. The van der Waals surface area contributed by atoms with Gasteiger partial charge in [-0.05, 0) is 24.1 Å². The van der Waals surface area contributed by atoms with Crippen LogP contribution in [0.25, 0.3) is 0 Å². The lowest BCUT2D eigenvalue weighted by atomic mass is 10.1. The fourth-order valence-electron chi connectivity index (χ4n) is 2.20. The number of ketones is 1. The van der Waals surface area contributed by atoms with Crippen molar-refractivity contribution in [2.75, 3.05) is 13.2 Å². The van der Waals surface area contributed by atoms with Crippen LogP contribution in [0, 0.1) is 0 Å². The van der Waals surface area contributed by atoms with Gasteiger partial charge in [0, 0.05) is 23.6 Å². The number of aliphatic hydroxyl groups excluding tert-OH is 1. The van der Waals surface area contributed by atoms with E-state index in [0.717, 1.165) is 5.56 Å². The van der Waals surface area contributed by atoms with Crippen LogP contribution in [0.5, 0.6) is 0 Å². The third-order valence-electron chi connectivity index (χ3n) is 3.62. The average molecular weight is 377 g/mol. The molecule has 0 fully saturated rings. The summed E-state index contributed by atoms with van der Waals surface area (Å²) in [7, 11) is 0. The minimum atomic E-state index is -1.21. The van der Waals surface area contributed by atoms with Crippen molar-refractivity contribution in [2.45, 2.75) is 25.6 Å². The van der Waals surface area contributed by atoms with Crippen LogP contribution < -0.4 is 0 Å². The van der Waals surface area contributed by atoms with Gasteiger partial charge in [-0.3, -0.25) is 9.59 Å². The Kier molecular flexibility index (Phi) is 8.28. The average Bonchev–Trinajstić information content (AvgIpc) is 2.67. The van der Waals surface area contributed by atoms with Crippen molar-refractivity contribution in [1.82, 2.24) is 0 Å². The standard InChI is InChI=1S/C20H21ClO5/c21-17-10-8-15(9-11-17)13-26-19(23)7-4-12-25-14-18(22)20(24)16-5-2-1-3-6-16/h1-3,5-6,8-11,18,22H,4,7,12-14H2. The van der Waals surface area contributed by atoms with Crippen LogP contribution in [0.1, 0.15) is 28.8 Å². The number of aliphatic hydroxyl groups is 1. The lowest BCUT2D eigenvalue weighted by molar-refractivity contribution is -0.145. The fourth-order valence-corrected chi connectivity index (χ4v) is 2.33. The summed E-state index contributed by atoms with van der Waals surface area (Å²) in [6.07, 6.45) is -0.559. The van der Waals surface area contributed by atoms with Gasteiger partial charge in [0.25, 0.3) is 0 Å². The molecule has 2 aromatic rings. The van der Waals surface area contributed by atoms with Crippen LogP contribution in [0.15, 0.2) is 54.6 Å². The van der Waals surface area contributed by atoms with E-state index < -0.39 is 6.10 Å². The van der Waals surface area contributed by atoms with E-state index in [-0.39, 0.29) is 38.0 Å². The molecule has 0 aliphatic carbocycles. The van der Waals surface area contributed by atoms with Crippen molar-refractivity contribution in [3.05, 3.63) is 70.7 Å². The summed E-state index contributed by atoms with van der Waals surface area (Å²) < 4.78 is 10.4. The molecule has 0 aliphatic rings. The highest BCUT2D eigenvalue weighted by Gasteiger charge is 2.16. The van der Waals surface area contributed by atoms with Crippen LogP contribution >= 0.6 is 11.6 Å². The van der Waals surface area contributed by atoms with E-state index in [0.29, 0.717) is 17.0 Å². The maximum absolute atomic E-state index is 11.9. The van der Waals surface area contributed by atoms with Crippen LogP contribution in [0.4, 0.5) is 0 Å². The van der Waals surface area contributed by atoms with E-state index in [1.54, 1.807) is 54.6 Å². The molecule has 6 heteroatoms. The number of carbonyl (C=O) groups excluding carboxylic acids is 2. The monoisotopic (exact) mass is 376 g/mol. The minimum absolute atomic E-state index is 0.104. The summed E-state index contributed by atoms with van der Waals surface area (Å²) in [5, 5.41) is 10.5. The Bertz CT molecular complexity index is 700. The van der Waals surface area contributed by atoms with E-state index in [1.807, 2.05) is 0 Å². The predicted octanol–water partition coefficient (Wildman–Crippen LogP) is 3.42. The first kappa shape index (κ1) is 20.1. The Hall–Kier alpha value is -2.21. The Morgan fingerprint density at radius 1 is 1.04 bits per heavy atom. The van der Waals surface area contributed by atoms with Crippen molar-refractivity contribution in [3.8, 4) is 0 Å². The van der Waals surface area contributed by atoms with E-state index in [1.165, 1.54) is 0 Å². The zero-order chi connectivity index (χ0) is 18.8. The van der Waals surface area contributed by atoms with Crippen LogP contribution in [-0.4, -0.2) is 36.2 Å². The van der Waals surface area contributed by atoms with Crippen molar-refractivity contribution in [1.29, 1.82) is 0 Å². The summed E-state index contributed by atoms with van der Waals surface area (Å²) in [4.78, 5) is 23.6. The van der Waals surface area contributed by atoms with Gasteiger partial charge in [-0.1, -0.05) is 54.1 Å². The molecule has 0 spiro atoms. The first-order chi connectivity index (χ1) is 12.6. The lowest BCUT2D eigenvalue weighted by Gasteiger charge is -2.10. The zero-order valence-corrected chi connectivity index (χ0v) is 15.0. The molecule has 0 saturated carbocycles. The first-order valence-corrected chi connectivity index (χ1v) is 8.69. The molecule has 0 aromatic heterocycles. The van der Waals surface area contributed by atoms with Gasteiger partial charge in [-0.25, -0.2) is 0 Å². The molecule has 0 aliphatic heterocycles. The molecular formula is C20H21ClO5. The number of carbonyl (C=O) groups is 2. The van der Waals surface area contributed by atoms with Crippen LogP contribution in [0.2, 0.25) is 5.02 Å². The summed E-state index contributed by atoms with van der Waals surface area (Å²) in [6, 6.07) is 15.6. The number of rotatable bonds is 10. The van der Waals surface area contributed by atoms with Crippen molar-refractivity contribution < 1.29 is 24.2 Å².